The van der Waals surface area contributed by atoms with Crippen molar-refractivity contribution in [3.05, 3.63) is 90.3 Å². The molecule has 0 amide bonds. The van der Waals surface area contributed by atoms with Crippen LogP contribution in [0.2, 0.25) is 0 Å². The lowest BCUT2D eigenvalue weighted by Crippen LogP contribution is -2.31. The molecule has 2 aliphatic rings. The van der Waals surface area contributed by atoms with Crippen LogP contribution in [0.1, 0.15) is 17.7 Å². The molecule has 2 aliphatic heterocycles. The van der Waals surface area contributed by atoms with Crippen LogP contribution < -0.4 is 0 Å². The van der Waals surface area contributed by atoms with Gasteiger partial charge in [-0.2, -0.15) is 0 Å². The molecule has 4 heterocycles. The van der Waals surface area contributed by atoms with Crippen molar-refractivity contribution in [3.63, 3.8) is 0 Å². The molecule has 0 radical (unpaired) electrons. The number of aromatic nitrogens is 2. The van der Waals surface area contributed by atoms with Gasteiger partial charge in [0.25, 0.3) is 0 Å². The number of hydrazone groups is 1. The Labute approximate surface area is 199 Å². The van der Waals surface area contributed by atoms with Gasteiger partial charge in [0.05, 0.1) is 23.6 Å². The number of fused-ring (bicyclic) bond motifs is 1. The first-order valence-electron chi connectivity index (χ1n) is 11.4. The topological polar surface area (TPSA) is 63.5 Å². The maximum Gasteiger partial charge on any atom is 0.230 e. The summed E-state index contributed by atoms with van der Waals surface area (Å²) in [7, 11) is 0. The second-order valence-corrected chi connectivity index (χ2v) is 8.49. The van der Waals surface area contributed by atoms with Crippen LogP contribution in [0.25, 0.3) is 28.0 Å². The van der Waals surface area contributed by atoms with Gasteiger partial charge in [-0.25, -0.2) is 18.7 Å². The highest BCUT2D eigenvalue weighted by Gasteiger charge is 2.32. The van der Waals surface area contributed by atoms with Gasteiger partial charge in [-0.1, -0.05) is 35.0 Å². The van der Waals surface area contributed by atoms with Gasteiger partial charge in [-0.05, 0) is 36.8 Å². The third-order valence-corrected chi connectivity index (χ3v) is 6.17. The smallest absolute Gasteiger partial charge is 0.230 e. The first kappa shape index (κ1) is 21.5. The summed E-state index contributed by atoms with van der Waals surface area (Å²) in [6.07, 6.45) is 4.51. The standard InChI is InChI=1S/C27H21F2N4O2/c28-20-8-6-18(7-9-20)25-22(14-33(32-25)13-19-10-11-34-15-23(19)29)26-21-12-24(17-4-2-1-3-5-17)35-27(21)31-16-30-26/h1-9,12-14,16,19,23H,10-11,15H2/q+1/b33-13+/t19?,23-/m1/s1. The average molecular weight is 471 g/mol. The number of halogens is 2. The van der Waals surface area contributed by atoms with Gasteiger partial charge >= 0.3 is 0 Å². The van der Waals surface area contributed by atoms with Crippen LogP contribution >= 0.6 is 0 Å². The van der Waals surface area contributed by atoms with E-state index in [-0.39, 0.29) is 18.3 Å². The lowest BCUT2D eigenvalue weighted by molar-refractivity contribution is -0.455. The fraction of sp³-hybridized carbons (Fsp3) is 0.185. The number of furan rings is 1. The molecular formula is C27H21F2N4O2+. The monoisotopic (exact) mass is 471 g/mol. The quantitative estimate of drug-likeness (QED) is 0.382. The molecule has 8 heteroatoms. The van der Waals surface area contributed by atoms with Crippen LogP contribution in [0.15, 0.2) is 82.7 Å². The van der Waals surface area contributed by atoms with E-state index in [4.69, 9.17) is 14.3 Å². The van der Waals surface area contributed by atoms with E-state index in [9.17, 15) is 8.78 Å². The molecule has 4 aromatic rings. The summed E-state index contributed by atoms with van der Waals surface area (Å²) in [5, 5.41) is 5.45. The molecule has 2 atom stereocenters. The Hall–Kier alpha value is -4.04. The van der Waals surface area contributed by atoms with Crippen molar-refractivity contribution >= 4 is 28.6 Å². The van der Waals surface area contributed by atoms with Gasteiger partial charge < -0.3 is 9.15 Å². The molecule has 6 rings (SSSR count). The summed E-state index contributed by atoms with van der Waals surface area (Å²) in [4.78, 5) is 8.87. The van der Waals surface area contributed by atoms with Crippen molar-refractivity contribution < 1.29 is 22.6 Å². The second kappa shape index (κ2) is 8.96. The molecule has 174 valence electrons. The van der Waals surface area contributed by atoms with Crippen LogP contribution in [0.4, 0.5) is 8.78 Å². The summed E-state index contributed by atoms with van der Waals surface area (Å²) in [6, 6.07) is 17.8. The number of rotatable bonds is 4. The molecule has 1 saturated heterocycles. The Kier molecular flexibility index (Phi) is 5.50. The predicted octanol–water partition coefficient (Wildman–Crippen LogP) is 5.25. The zero-order valence-electron chi connectivity index (χ0n) is 18.6. The highest BCUT2D eigenvalue weighted by Crippen LogP contribution is 2.33. The van der Waals surface area contributed by atoms with Gasteiger partial charge in [0.1, 0.15) is 29.6 Å². The Morgan fingerprint density at radius 2 is 1.83 bits per heavy atom. The molecular weight excluding hydrogens is 450 g/mol. The minimum Gasteiger partial charge on any atom is -0.438 e. The lowest BCUT2D eigenvalue weighted by atomic mass is 9.99. The Morgan fingerprint density at radius 3 is 2.63 bits per heavy atom. The zero-order chi connectivity index (χ0) is 23.8. The fourth-order valence-corrected chi connectivity index (χ4v) is 4.36. The SMILES string of the molecule is Fc1ccc(C2=N/[N+](=C/C3CCOC[C@H]3F)C=C2c2ncnc3oc(-c4ccccc4)cc23)cc1. The Bertz CT molecular complexity index is 1480. The molecule has 0 saturated carbocycles. The summed E-state index contributed by atoms with van der Waals surface area (Å²) < 4.78 is 40.9. The summed E-state index contributed by atoms with van der Waals surface area (Å²) in [5.74, 6) is 0.0178. The van der Waals surface area contributed by atoms with Crippen molar-refractivity contribution in [3.8, 4) is 11.3 Å². The summed E-state index contributed by atoms with van der Waals surface area (Å²) in [5.41, 5.74) is 4.03. The van der Waals surface area contributed by atoms with E-state index in [0.29, 0.717) is 41.5 Å². The molecule has 6 nitrogen and oxygen atoms in total. The molecule has 1 unspecified atom stereocenters. The van der Waals surface area contributed by atoms with E-state index >= 15 is 0 Å². The maximum atomic E-state index is 14.4. The third-order valence-electron chi connectivity index (χ3n) is 6.17. The minimum atomic E-state index is -1.10. The molecule has 0 N–H and O–H groups in total. The number of allylic oxidation sites excluding steroid dienone is 1. The summed E-state index contributed by atoms with van der Waals surface area (Å²) in [6.45, 7) is 0.578. The van der Waals surface area contributed by atoms with Gasteiger partial charge in [-0.15, -0.1) is 0 Å². The number of benzene rings is 2. The lowest BCUT2D eigenvalue weighted by Gasteiger charge is -2.20. The number of nitrogens with zero attached hydrogens (tertiary/aromatic N) is 4. The number of alkyl halides is 1. The average Bonchev–Trinajstić information content (AvgIpc) is 3.51. The predicted molar refractivity (Wildman–Crippen MR) is 128 cm³/mol. The first-order chi connectivity index (χ1) is 17.2. The van der Waals surface area contributed by atoms with E-state index in [1.807, 2.05) is 42.6 Å². The van der Waals surface area contributed by atoms with Crippen molar-refractivity contribution in [2.24, 2.45) is 11.0 Å². The molecule has 2 aromatic carbocycles. The van der Waals surface area contributed by atoms with Crippen molar-refractivity contribution in [2.75, 3.05) is 13.2 Å². The van der Waals surface area contributed by atoms with Crippen LogP contribution in [0, 0.1) is 11.7 Å². The normalized spacial score (nSPS) is 21.4. The summed E-state index contributed by atoms with van der Waals surface area (Å²) >= 11 is 0. The third kappa shape index (κ3) is 4.17. The highest BCUT2D eigenvalue weighted by atomic mass is 19.1. The van der Waals surface area contributed by atoms with Crippen molar-refractivity contribution in [2.45, 2.75) is 12.6 Å². The van der Waals surface area contributed by atoms with Crippen LogP contribution in [0.5, 0.6) is 0 Å². The molecule has 1 fully saturated rings. The zero-order valence-corrected chi connectivity index (χ0v) is 18.6. The van der Waals surface area contributed by atoms with Crippen molar-refractivity contribution in [1.29, 1.82) is 0 Å². The van der Waals surface area contributed by atoms with Crippen molar-refractivity contribution in [1.82, 2.24) is 9.97 Å². The molecule has 0 bridgehead atoms. The van der Waals surface area contributed by atoms with Gasteiger partial charge in [0, 0.05) is 22.8 Å². The van der Waals surface area contributed by atoms with Crippen LogP contribution in [-0.4, -0.2) is 46.0 Å². The number of ether oxygens (including phenoxy) is 1. The second-order valence-electron chi connectivity index (χ2n) is 8.49. The minimum absolute atomic E-state index is 0.0733. The molecule has 2 aromatic heterocycles. The van der Waals surface area contributed by atoms with E-state index in [1.54, 1.807) is 23.0 Å². The van der Waals surface area contributed by atoms with E-state index in [2.05, 4.69) is 9.97 Å². The van der Waals surface area contributed by atoms with Gasteiger partial charge in [0.2, 0.25) is 11.9 Å². The van der Waals surface area contributed by atoms with Gasteiger partial charge in [0.15, 0.2) is 11.9 Å². The highest BCUT2D eigenvalue weighted by molar-refractivity contribution is 6.33. The van der Waals surface area contributed by atoms with E-state index in [1.165, 1.54) is 18.5 Å². The number of hydrogen-bond acceptors (Lipinski definition) is 5. The van der Waals surface area contributed by atoms with Crippen LogP contribution in [-0.2, 0) is 4.74 Å². The van der Waals surface area contributed by atoms with E-state index in [0.717, 1.165) is 16.5 Å². The maximum absolute atomic E-state index is 14.4. The van der Waals surface area contributed by atoms with E-state index < -0.39 is 6.17 Å². The Morgan fingerprint density at radius 1 is 1.00 bits per heavy atom. The largest absolute Gasteiger partial charge is 0.438 e. The first-order valence-corrected chi connectivity index (χ1v) is 11.4. The number of hydrogen-bond donors (Lipinski definition) is 0. The van der Waals surface area contributed by atoms with Gasteiger partial charge in [-0.3, -0.25) is 0 Å². The van der Waals surface area contributed by atoms with Crippen LogP contribution in [0.3, 0.4) is 0 Å². The molecule has 0 aliphatic carbocycles. The fourth-order valence-electron chi connectivity index (χ4n) is 4.36. The molecule has 35 heavy (non-hydrogen) atoms. The molecule has 0 spiro atoms. The Balaban J connectivity index is 1.48.